The number of allylic oxidation sites excluding steroid dienone is 6. The minimum Gasteiger partial charge on any atom is -0.493 e. The molecule has 9 aliphatic heterocycles. The highest BCUT2D eigenvalue weighted by Crippen LogP contribution is 2.41. The first kappa shape index (κ1) is 88.8. The molecule has 131 heavy (non-hydrogen) atoms. The minimum absolute atomic E-state index is 0.0298. The number of amides is 1. The Labute approximate surface area is 794 Å². The molecule has 0 saturated carbocycles. The molecule has 7 fully saturated rings. The van der Waals surface area contributed by atoms with Crippen molar-refractivity contribution in [2.24, 2.45) is 0 Å². The number of ketones is 6. The van der Waals surface area contributed by atoms with E-state index in [2.05, 4.69) is 28.8 Å². The second-order valence-electron chi connectivity index (χ2n) is 30.5. The monoisotopic (exact) mass is 1910 g/mol. The highest BCUT2D eigenvalue weighted by molar-refractivity contribution is 8.28. The Morgan fingerprint density at radius 3 is 0.916 bits per heavy atom. The SMILES string of the molecule is N=C1CC(=O)/C(=C/c2ccc3c(c2)CCO3)S1.N=C1CC(=O)/C(=C/c2ccc3oc4ccccc4c3c2)S1.N=C1CC(=O)/C(=C/c2ccc3occc3c2)S1.O=C1CC(=S)S/C1=C\c1ccc2c(c1)CCO2.O=C1CC(=S)S/C1=C\c1ccc2oc3ccccc3c2c1.O=C1CC(=S)S/C1=C\c1ccc2occc2c1.O=C1NC(=S)N/C1=C\c1ccc2oc3ccccc3c2c1. The van der Waals surface area contributed by atoms with Gasteiger partial charge in [0.15, 0.2) is 39.8 Å². The zero-order valence-electron chi connectivity index (χ0n) is 68.8. The molecule has 7 saturated heterocycles. The lowest BCUT2D eigenvalue weighted by Crippen LogP contribution is -2.21. The van der Waals surface area contributed by atoms with Gasteiger partial charge in [-0.3, -0.25) is 55.1 Å². The lowest BCUT2D eigenvalue weighted by atomic mass is 10.1. The van der Waals surface area contributed by atoms with E-state index in [1.54, 1.807) is 18.6 Å². The number of thioether (sulfide) groups is 6. The first-order chi connectivity index (χ1) is 63.5. The molecule has 29 heteroatoms. The van der Waals surface area contributed by atoms with Crippen molar-refractivity contribution in [2.45, 2.75) is 51.4 Å². The summed E-state index contributed by atoms with van der Waals surface area (Å²) in [5, 5.41) is 37.9. The molecule has 0 radical (unpaired) electrons. The predicted octanol–water partition coefficient (Wildman–Crippen LogP) is 25.4. The fourth-order valence-corrected chi connectivity index (χ4v) is 21.6. The Balaban J connectivity index is 0.000000103. The molecule has 0 aliphatic carbocycles. The molecule has 14 heterocycles. The van der Waals surface area contributed by atoms with Crippen LogP contribution < -0.4 is 20.1 Å². The molecule has 0 spiro atoms. The molecule has 0 unspecified atom stereocenters. The van der Waals surface area contributed by atoms with Crippen molar-refractivity contribution in [3.8, 4) is 11.5 Å². The van der Waals surface area contributed by atoms with Gasteiger partial charge in [0.2, 0.25) is 0 Å². The van der Waals surface area contributed by atoms with Crippen LogP contribution in [0.4, 0.5) is 0 Å². The van der Waals surface area contributed by atoms with Crippen molar-refractivity contribution in [3.63, 3.8) is 0 Å². The second-order valence-corrected chi connectivity index (χ2v) is 40.0. The normalized spacial score (nSPS) is 18.5. The van der Waals surface area contributed by atoms with E-state index in [1.165, 1.54) is 81.7 Å². The molecule has 5 aromatic heterocycles. The number of thiocarbonyl (C=S) groups is 4. The zero-order chi connectivity index (χ0) is 90.5. The molecule has 9 aliphatic rings. The number of ether oxygens (including phenoxy) is 2. The van der Waals surface area contributed by atoms with Crippen molar-refractivity contribution < 1.29 is 65.1 Å². The Hall–Kier alpha value is -12.8. The highest BCUT2D eigenvalue weighted by atomic mass is 32.2. The summed E-state index contributed by atoms with van der Waals surface area (Å²) in [6, 6.07) is 68.9. The van der Waals surface area contributed by atoms with Crippen molar-refractivity contribution in [1.82, 2.24) is 10.6 Å². The van der Waals surface area contributed by atoms with E-state index in [1.807, 2.05) is 231 Å². The van der Waals surface area contributed by atoms with Crippen LogP contribution in [-0.2, 0) is 46.4 Å². The molecule has 24 rings (SSSR count). The van der Waals surface area contributed by atoms with Crippen LogP contribution in [0.3, 0.4) is 0 Å². The molecule has 19 nitrogen and oxygen atoms in total. The first-order valence-electron chi connectivity index (χ1n) is 40.9. The molecule has 1 amide bonds. The molecule has 15 aromatic rings. The van der Waals surface area contributed by atoms with Crippen molar-refractivity contribution in [1.29, 1.82) is 16.2 Å². The largest absolute Gasteiger partial charge is 0.493 e. The fourth-order valence-electron chi connectivity index (χ4n) is 15.1. The number of fused-ring (bicyclic) bond motifs is 13. The van der Waals surface area contributed by atoms with Crippen LogP contribution in [0, 0.1) is 16.2 Å². The summed E-state index contributed by atoms with van der Waals surface area (Å²) in [6.45, 7) is 1.50. The maximum absolute atomic E-state index is 11.8. The average molecular weight is 1910 g/mol. The Morgan fingerprint density at radius 2 is 0.595 bits per heavy atom. The summed E-state index contributed by atoms with van der Waals surface area (Å²) < 4.78 is 41.0. The van der Waals surface area contributed by atoms with Gasteiger partial charge in [-0.1, -0.05) is 204 Å². The second kappa shape index (κ2) is 39.5. The highest BCUT2D eigenvalue weighted by Gasteiger charge is 2.30. The fraction of sp³-hybridized carbons (Fsp3) is 0.0980. The number of benzene rings is 10. The van der Waals surface area contributed by atoms with Gasteiger partial charge >= 0.3 is 0 Å². The molecular weight excluding hydrogens is 1840 g/mol. The van der Waals surface area contributed by atoms with Gasteiger partial charge < -0.3 is 36.9 Å². The topological polar surface area (TPSA) is 299 Å². The van der Waals surface area contributed by atoms with Crippen LogP contribution in [0.1, 0.15) is 88.6 Å². The van der Waals surface area contributed by atoms with E-state index < -0.39 is 0 Å². The molecule has 0 atom stereocenters. The number of furan rings is 5. The number of hydrogen-bond acceptors (Lipinski definition) is 27. The first-order valence-corrected chi connectivity index (χ1v) is 47.5. The number of Topliss-reactive ketones (excluding diaryl/α,β-unsaturated/α-hetero) is 6. The smallest absolute Gasteiger partial charge is 0.273 e. The molecule has 5 N–H and O–H groups in total. The maximum Gasteiger partial charge on any atom is 0.273 e. The van der Waals surface area contributed by atoms with Crippen LogP contribution in [0.5, 0.6) is 11.5 Å². The summed E-state index contributed by atoms with van der Waals surface area (Å²) in [5.74, 6) is 2.19. The minimum atomic E-state index is -0.211. The third-order valence-corrected chi connectivity index (χ3v) is 28.4. The third kappa shape index (κ3) is 21.2. The van der Waals surface area contributed by atoms with Crippen molar-refractivity contribution >= 4 is 323 Å². The number of para-hydroxylation sites is 3. The maximum atomic E-state index is 11.8. The Bertz CT molecular complexity index is 7130. The lowest BCUT2D eigenvalue weighted by Gasteiger charge is -2.00. The number of rotatable bonds is 7. The lowest BCUT2D eigenvalue weighted by molar-refractivity contribution is -0.116. The third-order valence-electron chi connectivity index (χ3n) is 21.3. The van der Waals surface area contributed by atoms with Gasteiger partial charge in [-0.15, -0.1) is 0 Å². The van der Waals surface area contributed by atoms with Gasteiger partial charge in [0.25, 0.3) is 5.91 Å². The number of carbonyl (C=O) groups is 7. The summed E-state index contributed by atoms with van der Waals surface area (Å²) in [4.78, 5) is 85.8. The van der Waals surface area contributed by atoms with Gasteiger partial charge in [-0.25, -0.2) is 0 Å². The quantitative estimate of drug-likeness (QED) is 0.0731. The van der Waals surface area contributed by atoms with Crippen LogP contribution in [-0.4, -0.2) is 86.7 Å². The Kier molecular flexibility index (Phi) is 26.8. The van der Waals surface area contributed by atoms with Crippen LogP contribution >= 0.6 is 119 Å². The summed E-state index contributed by atoms with van der Waals surface area (Å²) >= 11 is 28.1. The average Bonchev–Trinajstić information content (AvgIpc) is 1.64. The van der Waals surface area contributed by atoms with Gasteiger partial charge in [0.05, 0.1) is 121 Å². The Morgan fingerprint density at radius 1 is 0.298 bits per heavy atom. The van der Waals surface area contributed by atoms with Gasteiger partial charge in [0.1, 0.15) is 61.9 Å². The van der Waals surface area contributed by atoms with E-state index in [0.29, 0.717) is 59.9 Å². The van der Waals surface area contributed by atoms with Crippen molar-refractivity contribution in [3.05, 3.63) is 310 Å². The van der Waals surface area contributed by atoms with E-state index in [0.717, 1.165) is 192 Å². The zero-order valence-corrected chi connectivity index (χ0v) is 76.9. The van der Waals surface area contributed by atoms with Crippen LogP contribution in [0.25, 0.3) is 130 Å². The molecule has 0 bridgehead atoms. The van der Waals surface area contributed by atoms with Crippen LogP contribution in [0.2, 0.25) is 0 Å². The summed E-state index contributed by atoms with van der Waals surface area (Å²) in [5.41, 5.74) is 16.6. The summed E-state index contributed by atoms with van der Waals surface area (Å²) in [6.07, 6.45) is 20.1. The predicted molar refractivity (Wildman–Crippen MR) is 549 cm³/mol. The summed E-state index contributed by atoms with van der Waals surface area (Å²) in [7, 11) is 0. The van der Waals surface area contributed by atoms with Gasteiger partial charge in [-0.05, 0) is 220 Å². The van der Waals surface area contributed by atoms with Crippen LogP contribution in [0.15, 0.2) is 282 Å². The molecule has 10 aromatic carbocycles. The molecule has 646 valence electrons. The standard InChI is InChI=1S/C17H11NO2S.C17H10O2S2.C16H10N2O2S.C13H11NO2S.C13H9NO2S.C13H10O2S2.C13H8O2S2/c18-17-9-13(19)16(21-17)8-10-5-6-15-12(7-10)11-3-1-2-4-14(11)20-15;18-13-9-17(20)21-16(13)8-10-5-6-15-12(7-10)11-3-1-2-4-14(11)19-15;19-15-12(17-16(21)18-15)8-9-5-6-14-11(7-9)10-3-1-2-4-13(10)20-14;2*14-13-7-10(15)12(17-13)6-8-1-2-11-9(5-8)3-4-16-11;2*14-10-7-13(16)17-12(10)6-8-1-2-11-9(5-8)3-4-15-11/h1-8,18H,9H2;1-8H,9H2;1-8H,(H2,17,18,19,21);1-2,5-6,14H,3-4,7H2;1-6,14H,7H2;1-2,5-6H,3-4,7H2;1-6H,7H2/b16-8-,18-17?;16-8-;12-8-;2*12-6-,14-13?;2*12-6-. The van der Waals surface area contributed by atoms with E-state index in [9.17, 15) is 33.6 Å². The van der Waals surface area contributed by atoms with Gasteiger partial charge in [-0.2, -0.15) is 0 Å². The van der Waals surface area contributed by atoms with Gasteiger partial charge in [0, 0.05) is 55.9 Å². The van der Waals surface area contributed by atoms with Crippen molar-refractivity contribution in [2.75, 3.05) is 13.2 Å². The molecular formula is C102H69N5O14S10. The van der Waals surface area contributed by atoms with E-state index in [-0.39, 0.29) is 59.9 Å². The van der Waals surface area contributed by atoms with E-state index >= 15 is 0 Å². The number of nitrogens with one attached hydrogen (secondary N) is 5. The van der Waals surface area contributed by atoms with E-state index in [4.69, 9.17) is 96.7 Å². The number of hydrogen-bond donors (Lipinski definition) is 5. The number of carbonyl (C=O) groups excluding carboxylic acids is 7.